The Morgan fingerprint density at radius 1 is 1.19 bits per heavy atom. The zero-order valence-corrected chi connectivity index (χ0v) is 12.3. The molecule has 108 valence electrons. The van der Waals surface area contributed by atoms with Crippen molar-refractivity contribution in [2.45, 2.75) is 12.6 Å². The van der Waals surface area contributed by atoms with Gasteiger partial charge in [0.1, 0.15) is 11.9 Å². The smallest absolute Gasteiger partial charge is 0.248 e. The summed E-state index contributed by atoms with van der Waals surface area (Å²) in [6.45, 7) is 0.265. The van der Waals surface area contributed by atoms with Crippen molar-refractivity contribution in [3.05, 3.63) is 63.4 Å². The van der Waals surface area contributed by atoms with Gasteiger partial charge in [-0.05, 0) is 35.9 Å². The number of rotatable bonds is 2. The average Bonchev–Trinajstić information content (AvgIpc) is 2.66. The molecule has 1 amide bonds. The predicted octanol–water partition coefficient (Wildman–Crippen LogP) is 3.68. The molecule has 6 heteroatoms. The van der Waals surface area contributed by atoms with Gasteiger partial charge in [0, 0.05) is 21.3 Å². The summed E-state index contributed by atoms with van der Waals surface area (Å²) in [6.07, 6.45) is 0. The first kappa shape index (κ1) is 14.3. The van der Waals surface area contributed by atoms with Crippen LogP contribution < -0.4 is 10.6 Å². The fourth-order valence-electron chi connectivity index (χ4n) is 2.42. The van der Waals surface area contributed by atoms with Gasteiger partial charge in [0.15, 0.2) is 0 Å². The number of halogens is 3. The Morgan fingerprint density at radius 2 is 1.95 bits per heavy atom. The van der Waals surface area contributed by atoms with Crippen molar-refractivity contribution in [1.29, 1.82) is 0 Å². The van der Waals surface area contributed by atoms with Gasteiger partial charge in [-0.25, -0.2) is 4.39 Å². The number of hydrogen-bond acceptors (Lipinski definition) is 2. The average molecular weight is 325 g/mol. The highest BCUT2D eigenvalue weighted by molar-refractivity contribution is 6.35. The van der Waals surface area contributed by atoms with Gasteiger partial charge in [-0.15, -0.1) is 0 Å². The van der Waals surface area contributed by atoms with Crippen LogP contribution in [-0.4, -0.2) is 5.91 Å². The number of carbonyl (C=O) groups excluding carboxylic acids is 1. The van der Waals surface area contributed by atoms with E-state index in [1.807, 2.05) is 0 Å². The maximum Gasteiger partial charge on any atom is 0.248 e. The van der Waals surface area contributed by atoms with E-state index in [9.17, 15) is 9.18 Å². The Hall–Kier alpha value is -1.62. The van der Waals surface area contributed by atoms with Gasteiger partial charge in [0.2, 0.25) is 5.91 Å². The van der Waals surface area contributed by atoms with Gasteiger partial charge < -0.3 is 10.6 Å². The minimum Gasteiger partial charge on any atom is -0.316 e. The molecule has 3 nitrogen and oxygen atoms in total. The van der Waals surface area contributed by atoms with Crippen molar-refractivity contribution in [1.82, 2.24) is 0 Å². The van der Waals surface area contributed by atoms with Crippen LogP contribution in [0.3, 0.4) is 0 Å². The van der Waals surface area contributed by atoms with E-state index < -0.39 is 11.9 Å². The lowest BCUT2D eigenvalue weighted by atomic mass is 10.1. The SMILES string of the molecule is NC1C(=O)N(Cc2ccc(Cl)cc2Cl)c2ccc(F)cc21. The topological polar surface area (TPSA) is 46.3 Å². The van der Waals surface area contributed by atoms with Crippen molar-refractivity contribution in [3.8, 4) is 0 Å². The molecule has 0 bridgehead atoms. The molecule has 0 saturated heterocycles. The second kappa shape index (κ2) is 5.30. The minimum absolute atomic E-state index is 0.265. The zero-order valence-electron chi connectivity index (χ0n) is 10.8. The number of benzene rings is 2. The molecule has 0 saturated carbocycles. The highest BCUT2D eigenvalue weighted by Crippen LogP contribution is 2.36. The Labute approximate surface area is 131 Å². The molecule has 0 fully saturated rings. The normalized spacial score (nSPS) is 17.2. The fraction of sp³-hybridized carbons (Fsp3) is 0.133. The van der Waals surface area contributed by atoms with Crippen LogP contribution in [0.15, 0.2) is 36.4 Å². The minimum atomic E-state index is -0.846. The first-order valence-electron chi connectivity index (χ1n) is 6.27. The lowest BCUT2D eigenvalue weighted by Crippen LogP contribution is -2.31. The van der Waals surface area contributed by atoms with Gasteiger partial charge in [0.05, 0.1) is 6.54 Å². The van der Waals surface area contributed by atoms with Gasteiger partial charge >= 0.3 is 0 Å². The quantitative estimate of drug-likeness (QED) is 0.915. The van der Waals surface area contributed by atoms with Gasteiger partial charge in [0.25, 0.3) is 0 Å². The molecule has 3 rings (SSSR count). The van der Waals surface area contributed by atoms with Gasteiger partial charge in [-0.2, -0.15) is 0 Å². The summed E-state index contributed by atoms with van der Waals surface area (Å²) in [5.41, 5.74) is 7.70. The molecule has 1 heterocycles. The summed E-state index contributed by atoms with van der Waals surface area (Å²) in [5.74, 6) is -0.690. The molecule has 0 spiro atoms. The molecule has 2 aromatic rings. The summed E-state index contributed by atoms with van der Waals surface area (Å²) < 4.78 is 13.3. The van der Waals surface area contributed by atoms with E-state index in [1.54, 1.807) is 24.3 Å². The fourth-order valence-corrected chi connectivity index (χ4v) is 2.89. The number of nitrogens with two attached hydrogens (primary N) is 1. The van der Waals surface area contributed by atoms with E-state index in [0.717, 1.165) is 5.56 Å². The second-order valence-electron chi connectivity index (χ2n) is 4.84. The molecule has 0 aliphatic carbocycles. The number of fused-ring (bicyclic) bond motifs is 1. The van der Waals surface area contributed by atoms with Crippen molar-refractivity contribution >= 4 is 34.8 Å². The molecule has 1 aliphatic heterocycles. The van der Waals surface area contributed by atoms with Crippen LogP contribution in [-0.2, 0) is 11.3 Å². The molecular formula is C15H11Cl2FN2O. The third-order valence-electron chi connectivity index (χ3n) is 3.49. The lowest BCUT2D eigenvalue weighted by molar-refractivity contribution is -0.119. The molecule has 1 aliphatic rings. The van der Waals surface area contributed by atoms with Crippen LogP contribution in [0.2, 0.25) is 10.0 Å². The maximum atomic E-state index is 13.3. The third-order valence-corrected chi connectivity index (χ3v) is 4.08. The lowest BCUT2D eigenvalue weighted by Gasteiger charge is -2.18. The van der Waals surface area contributed by atoms with Crippen molar-refractivity contribution in [2.75, 3.05) is 4.90 Å². The third kappa shape index (κ3) is 2.50. The Kier molecular flexibility index (Phi) is 3.61. The number of nitrogens with zero attached hydrogens (tertiary/aromatic N) is 1. The van der Waals surface area contributed by atoms with Crippen molar-refractivity contribution < 1.29 is 9.18 Å². The Balaban J connectivity index is 1.98. The Morgan fingerprint density at radius 3 is 2.67 bits per heavy atom. The van der Waals surface area contributed by atoms with E-state index >= 15 is 0 Å². The first-order chi connectivity index (χ1) is 9.97. The molecule has 1 atom stereocenters. The highest BCUT2D eigenvalue weighted by atomic mass is 35.5. The molecule has 1 unspecified atom stereocenters. The predicted molar refractivity (Wildman–Crippen MR) is 81.0 cm³/mol. The van der Waals surface area contributed by atoms with Crippen LogP contribution in [0.5, 0.6) is 0 Å². The number of carbonyl (C=O) groups is 1. The van der Waals surface area contributed by atoms with Crippen LogP contribution in [0, 0.1) is 5.82 Å². The van der Waals surface area contributed by atoms with E-state index in [-0.39, 0.29) is 12.5 Å². The molecule has 21 heavy (non-hydrogen) atoms. The monoisotopic (exact) mass is 324 g/mol. The summed E-state index contributed by atoms with van der Waals surface area (Å²) in [5, 5.41) is 0.995. The standard InChI is InChI=1S/C15H11Cl2FN2O/c16-9-2-1-8(12(17)5-9)7-20-13-4-3-10(18)6-11(13)14(19)15(20)21/h1-6,14H,7,19H2. The van der Waals surface area contributed by atoms with Gasteiger partial charge in [-0.3, -0.25) is 4.79 Å². The molecule has 0 aromatic heterocycles. The zero-order chi connectivity index (χ0) is 15.1. The first-order valence-corrected chi connectivity index (χ1v) is 7.03. The molecule has 2 N–H and O–H groups in total. The van der Waals surface area contributed by atoms with Crippen LogP contribution in [0.1, 0.15) is 17.2 Å². The summed E-state index contributed by atoms with van der Waals surface area (Å²) in [7, 11) is 0. The highest BCUT2D eigenvalue weighted by Gasteiger charge is 2.35. The Bertz CT molecular complexity index is 736. The van der Waals surface area contributed by atoms with Gasteiger partial charge in [-0.1, -0.05) is 29.3 Å². The second-order valence-corrected chi connectivity index (χ2v) is 5.68. The van der Waals surface area contributed by atoms with Crippen LogP contribution in [0.4, 0.5) is 10.1 Å². The molecule has 0 radical (unpaired) electrons. The van der Waals surface area contributed by atoms with E-state index in [4.69, 9.17) is 28.9 Å². The number of anilines is 1. The van der Waals surface area contributed by atoms with Crippen LogP contribution in [0.25, 0.3) is 0 Å². The van der Waals surface area contributed by atoms with Crippen molar-refractivity contribution in [2.24, 2.45) is 5.73 Å². The number of hydrogen-bond donors (Lipinski definition) is 1. The number of amides is 1. The van der Waals surface area contributed by atoms with E-state index in [1.165, 1.54) is 17.0 Å². The largest absolute Gasteiger partial charge is 0.316 e. The van der Waals surface area contributed by atoms with E-state index in [2.05, 4.69) is 0 Å². The van der Waals surface area contributed by atoms with E-state index in [0.29, 0.717) is 21.3 Å². The molecular weight excluding hydrogens is 314 g/mol. The summed E-state index contributed by atoms with van der Waals surface area (Å²) in [6, 6.07) is 8.38. The summed E-state index contributed by atoms with van der Waals surface area (Å²) >= 11 is 12.0. The van der Waals surface area contributed by atoms with Crippen molar-refractivity contribution in [3.63, 3.8) is 0 Å². The molecule has 2 aromatic carbocycles. The summed E-state index contributed by atoms with van der Waals surface area (Å²) in [4.78, 5) is 13.8. The van der Waals surface area contributed by atoms with Crippen LogP contribution >= 0.6 is 23.2 Å². The maximum absolute atomic E-state index is 13.3.